The molecule has 0 radical (unpaired) electrons. The molecule has 1 unspecified atom stereocenters. The minimum Gasteiger partial charge on any atom is -0.456 e. The summed E-state index contributed by atoms with van der Waals surface area (Å²) in [6.45, 7) is 0. The number of anilines is 3. The van der Waals surface area contributed by atoms with E-state index < -0.39 is 5.41 Å². The molecule has 0 bridgehead atoms. The molecular weight excluding hydrogens is 691 g/mol. The number of para-hydroxylation sites is 3. The first-order valence-electron chi connectivity index (χ1n) is 19.7. The van der Waals surface area contributed by atoms with Gasteiger partial charge in [-0.15, -0.1) is 0 Å². The van der Waals surface area contributed by atoms with Crippen LogP contribution < -0.4 is 4.90 Å². The van der Waals surface area contributed by atoms with E-state index in [0.717, 1.165) is 39.0 Å². The zero-order valence-electron chi connectivity index (χ0n) is 31.1. The molecule has 266 valence electrons. The topological polar surface area (TPSA) is 16.4 Å². The van der Waals surface area contributed by atoms with Gasteiger partial charge in [0.05, 0.1) is 11.1 Å². The van der Waals surface area contributed by atoms with Crippen LogP contribution in [0.25, 0.3) is 66.4 Å². The van der Waals surface area contributed by atoms with E-state index >= 15 is 0 Å². The average Bonchev–Trinajstić information content (AvgIpc) is 3.76. The molecule has 1 spiro atoms. The summed E-state index contributed by atoms with van der Waals surface area (Å²) in [5.74, 6) is 0. The number of furan rings is 1. The van der Waals surface area contributed by atoms with Crippen LogP contribution in [-0.2, 0) is 5.41 Å². The predicted octanol–water partition coefficient (Wildman–Crippen LogP) is 14.7. The SMILES string of the molecule is c1ccc(-c2ccccc2N(c2ccccc2)c2ccc3c(c2)-c2ccccc2-c2ccccc2C32c3ccccc3-c3cc4c(cc32)oc2ccccc24)cc1. The smallest absolute Gasteiger partial charge is 0.135 e. The molecule has 1 heterocycles. The first-order valence-corrected chi connectivity index (χ1v) is 19.7. The second-order valence-corrected chi connectivity index (χ2v) is 15.2. The van der Waals surface area contributed by atoms with Gasteiger partial charge < -0.3 is 9.32 Å². The maximum Gasteiger partial charge on any atom is 0.135 e. The lowest BCUT2D eigenvalue weighted by Crippen LogP contribution is -2.29. The number of benzene rings is 9. The Kier molecular flexibility index (Phi) is 6.88. The fourth-order valence-electron chi connectivity index (χ4n) is 9.97. The van der Waals surface area contributed by atoms with Gasteiger partial charge in [0.25, 0.3) is 0 Å². The second-order valence-electron chi connectivity index (χ2n) is 15.2. The van der Waals surface area contributed by atoms with E-state index in [9.17, 15) is 0 Å². The van der Waals surface area contributed by atoms with Crippen LogP contribution in [0.5, 0.6) is 0 Å². The van der Waals surface area contributed by atoms with Crippen molar-refractivity contribution in [1.82, 2.24) is 0 Å². The summed E-state index contributed by atoms with van der Waals surface area (Å²) in [7, 11) is 0. The molecule has 2 nitrogen and oxygen atoms in total. The Morgan fingerprint density at radius 3 is 1.61 bits per heavy atom. The van der Waals surface area contributed by atoms with Gasteiger partial charge in [-0.2, -0.15) is 0 Å². The van der Waals surface area contributed by atoms with Crippen molar-refractivity contribution >= 4 is 39.0 Å². The Hall–Kier alpha value is -7.42. The number of fused-ring (bicyclic) bond motifs is 15. The van der Waals surface area contributed by atoms with Gasteiger partial charge in [-0.3, -0.25) is 0 Å². The van der Waals surface area contributed by atoms with Crippen molar-refractivity contribution in [2.75, 3.05) is 4.90 Å². The Balaban J connectivity index is 1.20. The van der Waals surface area contributed by atoms with Gasteiger partial charge in [0.2, 0.25) is 0 Å². The molecule has 0 aliphatic heterocycles. The molecule has 2 heteroatoms. The molecule has 0 saturated carbocycles. The summed E-state index contributed by atoms with van der Waals surface area (Å²) in [5, 5.41) is 2.29. The predicted molar refractivity (Wildman–Crippen MR) is 236 cm³/mol. The van der Waals surface area contributed by atoms with Crippen LogP contribution in [-0.4, -0.2) is 0 Å². The molecule has 2 aliphatic carbocycles. The van der Waals surface area contributed by atoms with Crippen molar-refractivity contribution in [1.29, 1.82) is 0 Å². The summed E-state index contributed by atoms with van der Waals surface area (Å²) in [4.78, 5) is 2.42. The molecular formula is C55H35NO. The molecule has 10 aromatic rings. The van der Waals surface area contributed by atoms with E-state index in [1.807, 2.05) is 0 Å². The highest BCUT2D eigenvalue weighted by Crippen LogP contribution is 2.62. The van der Waals surface area contributed by atoms with Crippen molar-refractivity contribution < 1.29 is 4.42 Å². The molecule has 9 aromatic carbocycles. The molecule has 0 fully saturated rings. The van der Waals surface area contributed by atoms with Crippen LogP contribution in [0.15, 0.2) is 217 Å². The highest BCUT2D eigenvalue weighted by atomic mass is 16.3. The molecule has 2 aliphatic rings. The van der Waals surface area contributed by atoms with Crippen LogP contribution in [0, 0.1) is 0 Å². The normalized spacial score (nSPS) is 14.7. The van der Waals surface area contributed by atoms with Crippen LogP contribution in [0.1, 0.15) is 22.3 Å². The van der Waals surface area contributed by atoms with E-state index in [1.165, 1.54) is 66.8 Å². The lowest BCUT2D eigenvalue weighted by Gasteiger charge is -2.36. The van der Waals surface area contributed by atoms with Gasteiger partial charge in [-0.05, 0) is 110 Å². The third kappa shape index (κ3) is 4.53. The maximum absolute atomic E-state index is 6.67. The van der Waals surface area contributed by atoms with Crippen LogP contribution >= 0.6 is 0 Å². The van der Waals surface area contributed by atoms with Crippen LogP contribution in [0.3, 0.4) is 0 Å². The number of nitrogens with zero attached hydrogens (tertiary/aromatic N) is 1. The van der Waals surface area contributed by atoms with Gasteiger partial charge >= 0.3 is 0 Å². The van der Waals surface area contributed by atoms with Gasteiger partial charge in [-0.1, -0.05) is 164 Å². The Morgan fingerprint density at radius 1 is 0.316 bits per heavy atom. The molecule has 1 atom stereocenters. The van der Waals surface area contributed by atoms with E-state index in [-0.39, 0.29) is 0 Å². The third-order valence-electron chi connectivity index (χ3n) is 12.3. The Labute approximate surface area is 331 Å². The standard InChI is InChI=1S/C55H35NO/c1-3-17-36(18-4-1)39-21-11-15-29-52(39)56(37-19-5-2-6-20-37)38-31-32-50-45(33-38)41-23-8-7-22-40(41)42-24-9-13-27-48(42)55(50)49-28-14-10-25-43(49)46-34-47-44-26-12-16-30-53(44)57-54(47)35-51(46)55/h1-35H. The molecule has 57 heavy (non-hydrogen) atoms. The van der Waals surface area contributed by atoms with Crippen molar-refractivity contribution in [3.63, 3.8) is 0 Å². The molecule has 1 aromatic heterocycles. The van der Waals surface area contributed by atoms with Gasteiger partial charge in [0.1, 0.15) is 11.2 Å². The average molecular weight is 726 g/mol. The highest BCUT2D eigenvalue weighted by Gasteiger charge is 2.50. The van der Waals surface area contributed by atoms with Crippen molar-refractivity contribution in [2.45, 2.75) is 5.41 Å². The minimum absolute atomic E-state index is 0.623. The molecule has 0 saturated heterocycles. The molecule has 0 amide bonds. The fraction of sp³-hybridized carbons (Fsp3) is 0.0182. The van der Waals surface area contributed by atoms with E-state index in [4.69, 9.17) is 4.42 Å². The second kappa shape index (κ2) is 12.3. The summed E-state index contributed by atoms with van der Waals surface area (Å²) in [6, 6.07) is 77.7. The van der Waals surface area contributed by atoms with E-state index in [1.54, 1.807) is 0 Å². The largest absolute Gasteiger partial charge is 0.456 e. The zero-order valence-corrected chi connectivity index (χ0v) is 31.1. The van der Waals surface area contributed by atoms with Crippen molar-refractivity contribution in [3.8, 4) is 44.5 Å². The molecule has 0 N–H and O–H groups in total. The zero-order chi connectivity index (χ0) is 37.5. The summed E-state index contributed by atoms with van der Waals surface area (Å²) in [6.07, 6.45) is 0. The number of hydrogen-bond donors (Lipinski definition) is 0. The third-order valence-corrected chi connectivity index (χ3v) is 12.3. The fourth-order valence-corrected chi connectivity index (χ4v) is 9.97. The van der Waals surface area contributed by atoms with Gasteiger partial charge in [0, 0.05) is 27.7 Å². The number of hydrogen-bond acceptors (Lipinski definition) is 2. The van der Waals surface area contributed by atoms with Crippen LogP contribution in [0.2, 0.25) is 0 Å². The first-order chi connectivity index (χ1) is 28.3. The lowest BCUT2D eigenvalue weighted by atomic mass is 9.66. The molecule has 12 rings (SSSR count). The van der Waals surface area contributed by atoms with Crippen LogP contribution in [0.4, 0.5) is 17.1 Å². The lowest BCUT2D eigenvalue weighted by molar-refractivity contribution is 0.666. The summed E-state index contributed by atoms with van der Waals surface area (Å²) >= 11 is 0. The van der Waals surface area contributed by atoms with Crippen molar-refractivity contribution in [2.24, 2.45) is 0 Å². The quantitative estimate of drug-likeness (QED) is 0.180. The Bertz CT molecular complexity index is 3190. The number of rotatable bonds is 4. The van der Waals surface area contributed by atoms with E-state index in [2.05, 4.69) is 217 Å². The van der Waals surface area contributed by atoms with Gasteiger partial charge in [0.15, 0.2) is 0 Å². The monoisotopic (exact) mass is 725 g/mol. The Morgan fingerprint density at radius 2 is 0.860 bits per heavy atom. The first kappa shape index (κ1) is 31.9. The van der Waals surface area contributed by atoms with E-state index in [0.29, 0.717) is 0 Å². The minimum atomic E-state index is -0.623. The van der Waals surface area contributed by atoms with Gasteiger partial charge in [-0.25, -0.2) is 0 Å². The summed E-state index contributed by atoms with van der Waals surface area (Å²) in [5.41, 5.74) is 19.4. The summed E-state index contributed by atoms with van der Waals surface area (Å²) < 4.78 is 6.67. The maximum atomic E-state index is 6.67. The highest BCUT2D eigenvalue weighted by molar-refractivity contribution is 6.09. The van der Waals surface area contributed by atoms with Crippen molar-refractivity contribution in [3.05, 3.63) is 235 Å².